The molecule has 0 fully saturated rings. The molecular formula is C18H8Cl2F2N2O2. The molecule has 3 aromatic rings. The molecule has 4 rings (SSSR count). The lowest BCUT2D eigenvalue weighted by molar-refractivity contribution is 0.101. The van der Waals surface area contributed by atoms with Gasteiger partial charge in [0.25, 0.3) is 5.91 Å². The van der Waals surface area contributed by atoms with E-state index in [1.165, 1.54) is 36.4 Å². The van der Waals surface area contributed by atoms with Crippen LogP contribution in [-0.4, -0.2) is 21.7 Å². The van der Waals surface area contributed by atoms with Gasteiger partial charge in [-0.2, -0.15) is 0 Å². The van der Waals surface area contributed by atoms with E-state index in [1.54, 1.807) is 0 Å². The zero-order valence-electron chi connectivity index (χ0n) is 12.8. The topological polar surface area (TPSA) is 65.4 Å². The number of amides is 1. The van der Waals surface area contributed by atoms with Crippen LogP contribution < -0.4 is 0 Å². The number of aliphatic imine (C=N–C) groups is 1. The van der Waals surface area contributed by atoms with E-state index in [0.717, 1.165) is 0 Å². The van der Waals surface area contributed by atoms with Crippen molar-refractivity contribution in [2.75, 3.05) is 0 Å². The van der Waals surface area contributed by atoms with E-state index in [1.807, 2.05) is 0 Å². The van der Waals surface area contributed by atoms with Crippen molar-refractivity contribution >= 4 is 34.8 Å². The molecule has 1 aliphatic rings. The molecule has 0 saturated heterocycles. The van der Waals surface area contributed by atoms with Gasteiger partial charge in [0.1, 0.15) is 0 Å². The van der Waals surface area contributed by atoms with Crippen molar-refractivity contribution in [3.05, 3.63) is 74.8 Å². The smallest absolute Gasteiger partial charge is 0.280 e. The van der Waals surface area contributed by atoms with Gasteiger partial charge in [0.15, 0.2) is 17.5 Å². The first-order valence-corrected chi connectivity index (χ1v) is 8.12. The highest BCUT2D eigenvalue weighted by Crippen LogP contribution is 2.40. The molecular weight excluding hydrogens is 385 g/mol. The second-order valence-corrected chi connectivity index (χ2v) is 6.38. The Hall–Kier alpha value is -2.70. The zero-order chi connectivity index (χ0) is 18.6. The fourth-order valence-electron chi connectivity index (χ4n) is 2.93. The molecule has 0 radical (unpaired) electrons. The van der Waals surface area contributed by atoms with Crippen molar-refractivity contribution in [1.29, 1.82) is 0 Å². The first-order chi connectivity index (χ1) is 12.4. The highest BCUT2D eigenvalue weighted by Gasteiger charge is 2.35. The zero-order valence-corrected chi connectivity index (χ0v) is 14.3. The maximum atomic E-state index is 14.4. The second kappa shape index (κ2) is 5.93. The van der Waals surface area contributed by atoms with Gasteiger partial charge in [-0.25, -0.2) is 13.8 Å². The molecule has 1 aromatic heterocycles. The summed E-state index contributed by atoms with van der Waals surface area (Å²) in [7, 11) is 0. The van der Waals surface area contributed by atoms with E-state index >= 15 is 0 Å². The molecule has 4 nitrogen and oxygen atoms in total. The summed E-state index contributed by atoms with van der Waals surface area (Å²) < 4.78 is 28.7. The average Bonchev–Trinajstić information content (AvgIpc) is 3.12. The first-order valence-electron chi connectivity index (χ1n) is 7.37. The number of benzene rings is 2. The molecule has 0 unspecified atom stereocenters. The fourth-order valence-corrected chi connectivity index (χ4v) is 3.27. The van der Waals surface area contributed by atoms with Crippen molar-refractivity contribution in [2.24, 2.45) is 4.99 Å². The molecule has 2 heterocycles. The molecule has 1 aliphatic heterocycles. The van der Waals surface area contributed by atoms with Gasteiger partial charge >= 0.3 is 0 Å². The normalized spacial score (nSPS) is 13.1. The number of aromatic nitrogens is 1. The van der Waals surface area contributed by atoms with Crippen LogP contribution in [0.2, 0.25) is 10.0 Å². The molecule has 130 valence electrons. The Morgan fingerprint density at radius 1 is 0.923 bits per heavy atom. The summed E-state index contributed by atoms with van der Waals surface area (Å²) in [5.41, 5.74) is -0.179. The van der Waals surface area contributed by atoms with Crippen molar-refractivity contribution < 1.29 is 18.7 Å². The van der Waals surface area contributed by atoms with E-state index in [-0.39, 0.29) is 43.7 Å². The van der Waals surface area contributed by atoms with E-state index in [4.69, 9.17) is 23.2 Å². The number of nitrogens with one attached hydrogen (secondary N) is 1. The second-order valence-electron chi connectivity index (χ2n) is 5.57. The summed E-state index contributed by atoms with van der Waals surface area (Å²) in [6, 6.07) is 8.49. The summed E-state index contributed by atoms with van der Waals surface area (Å²) in [5, 5.41) is 9.99. The quantitative estimate of drug-likeness (QED) is 0.646. The maximum Gasteiger partial charge on any atom is 0.280 e. The summed E-state index contributed by atoms with van der Waals surface area (Å²) in [4.78, 5) is 18.8. The highest BCUT2D eigenvalue weighted by molar-refractivity contribution is 6.34. The number of carbonyl (C=O) groups is 1. The molecule has 1 amide bonds. The highest BCUT2D eigenvalue weighted by atomic mass is 35.5. The number of hydrogen-bond donors (Lipinski definition) is 2. The summed E-state index contributed by atoms with van der Waals surface area (Å²) in [6.45, 7) is 0. The van der Waals surface area contributed by atoms with Gasteiger partial charge in [0, 0.05) is 11.1 Å². The molecule has 0 bridgehead atoms. The third kappa shape index (κ3) is 2.34. The van der Waals surface area contributed by atoms with Crippen LogP contribution in [0.25, 0.3) is 11.3 Å². The number of carbonyl (C=O) groups excluding carboxylic acids is 1. The Balaban J connectivity index is 1.96. The van der Waals surface area contributed by atoms with Gasteiger partial charge < -0.3 is 10.1 Å². The van der Waals surface area contributed by atoms with Crippen LogP contribution in [-0.2, 0) is 0 Å². The van der Waals surface area contributed by atoms with E-state index < -0.39 is 23.4 Å². The third-order valence-electron chi connectivity index (χ3n) is 4.07. The number of fused-ring (bicyclic) bond motifs is 1. The van der Waals surface area contributed by atoms with Crippen LogP contribution in [0.3, 0.4) is 0 Å². The number of H-pyrrole nitrogens is 1. The van der Waals surface area contributed by atoms with Gasteiger partial charge in [-0.3, -0.25) is 4.79 Å². The number of halogens is 4. The summed E-state index contributed by atoms with van der Waals surface area (Å²) in [6.07, 6.45) is 0. The molecule has 0 aliphatic carbocycles. The van der Waals surface area contributed by atoms with Crippen molar-refractivity contribution in [3.8, 4) is 17.1 Å². The molecule has 2 aromatic carbocycles. The van der Waals surface area contributed by atoms with Crippen LogP contribution in [0.5, 0.6) is 5.88 Å². The Kier molecular flexibility index (Phi) is 3.82. The van der Waals surface area contributed by atoms with E-state index in [2.05, 4.69) is 9.98 Å². The first kappa shape index (κ1) is 16.8. The van der Waals surface area contributed by atoms with Gasteiger partial charge in [-0.05, 0) is 24.3 Å². The monoisotopic (exact) mass is 392 g/mol. The lowest BCUT2D eigenvalue weighted by Gasteiger charge is -2.04. The lowest BCUT2D eigenvalue weighted by atomic mass is 9.99. The summed E-state index contributed by atoms with van der Waals surface area (Å²) in [5.74, 6) is -2.70. The van der Waals surface area contributed by atoms with E-state index in [9.17, 15) is 18.7 Å². The molecule has 8 heteroatoms. The number of aromatic amines is 1. The van der Waals surface area contributed by atoms with Gasteiger partial charge in [0.2, 0.25) is 0 Å². The predicted molar refractivity (Wildman–Crippen MR) is 94.2 cm³/mol. The molecule has 26 heavy (non-hydrogen) atoms. The van der Waals surface area contributed by atoms with E-state index in [0.29, 0.717) is 0 Å². The minimum Gasteiger partial charge on any atom is -0.494 e. The van der Waals surface area contributed by atoms with Crippen LogP contribution in [0.4, 0.5) is 8.78 Å². The van der Waals surface area contributed by atoms with Crippen molar-refractivity contribution in [2.45, 2.75) is 0 Å². The van der Waals surface area contributed by atoms with Crippen LogP contribution in [0, 0.1) is 11.6 Å². The van der Waals surface area contributed by atoms with Gasteiger partial charge in [0.05, 0.1) is 32.6 Å². The SMILES string of the molecule is O=C1N=C(c2cccc(Cl)c2F)c2c(O)[nH]c(-c3cccc(Cl)c3F)c21. The summed E-state index contributed by atoms with van der Waals surface area (Å²) >= 11 is 11.6. The molecule has 2 N–H and O–H groups in total. The van der Waals surface area contributed by atoms with Crippen LogP contribution >= 0.6 is 23.2 Å². The largest absolute Gasteiger partial charge is 0.494 e. The number of aromatic hydroxyl groups is 1. The van der Waals surface area contributed by atoms with Gasteiger partial charge in [-0.1, -0.05) is 35.3 Å². The molecule has 0 atom stereocenters. The predicted octanol–water partition coefficient (Wildman–Crippen LogP) is 4.96. The minimum atomic E-state index is -0.773. The van der Waals surface area contributed by atoms with Crippen molar-refractivity contribution in [3.63, 3.8) is 0 Å². The van der Waals surface area contributed by atoms with Crippen LogP contribution in [0.15, 0.2) is 41.4 Å². The number of hydrogen-bond acceptors (Lipinski definition) is 2. The molecule has 0 saturated carbocycles. The standard InChI is InChI=1S/C18H8Cl2F2N2O2/c19-9-5-1-3-7(13(9)21)15-11-12(18(26)23-15)16(24-17(11)25)8-4-2-6-10(20)14(8)22/h1-6,23,26H. The Morgan fingerprint density at radius 2 is 1.50 bits per heavy atom. The minimum absolute atomic E-state index is 0.00876. The number of nitrogens with zero attached hydrogens (tertiary/aromatic N) is 1. The Bertz CT molecular complexity index is 1120. The van der Waals surface area contributed by atoms with Crippen molar-refractivity contribution in [1.82, 2.24) is 4.98 Å². The fraction of sp³-hybridized carbons (Fsp3) is 0. The average molecular weight is 393 g/mol. The number of rotatable bonds is 2. The Morgan fingerprint density at radius 3 is 2.15 bits per heavy atom. The third-order valence-corrected chi connectivity index (χ3v) is 4.66. The van der Waals surface area contributed by atoms with Crippen LogP contribution in [0.1, 0.15) is 21.5 Å². The van der Waals surface area contributed by atoms with Gasteiger partial charge in [-0.15, -0.1) is 0 Å². The maximum absolute atomic E-state index is 14.4. The Labute approximate surface area is 155 Å². The lowest BCUT2D eigenvalue weighted by Crippen LogP contribution is -2.03. The molecule has 0 spiro atoms.